The van der Waals surface area contributed by atoms with Crippen molar-refractivity contribution in [3.8, 4) is 22.8 Å². The Labute approximate surface area is 215 Å². The van der Waals surface area contributed by atoms with Crippen molar-refractivity contribution in [1.82, 2.24) is 10.3 Å². The number of hydrogen-bond acceptors (Lipinski definition) is 5. The van der Waals surface area contributed by atoms with Crippen molar-refractivity contribution in [3.05, 3.63) is 94.2 Å². The largest absolute Gasteiger partial charge is 0.451 e. The lowest BCUT2D eigenvalue weighted by Gasteiger charge is -2.08. The lowest BCUT2D eigenvalue weighted by molar-refractivity contribution is 0.0951. The molecule has 2 aromatic heterocycles. The molecule has 0 fully saturated rings. The Morgan fingerprint density at radius 2 is 1.77 bits per heavy atom. The maximum Gasteiger partial charge on any atom is 0.293 e. The molecular weight excluding hydrogens is 526 g/mol. The molecule has 0 saturated carbocycles. The van der Waals surface area contributed by atoms with E-state index in [4.69, 9.17) is 21.1 Å². The summed E-state index contributed by atoms with van der Waals surface area (Å²) in [4.78, 5) is 17.2. The normalized spacial score (nSPS) is 10.9. The van der Waals surface area contributed by atoms with Crippen molar-refractivity contribution in [1.29, 1.82) is 0 Å². The van der Waals surface area contributed by atoms with E-state index in [9.17, 15) is 4.79 Å². The number of nitrogens with zero attached hydrogens (tertiary/aromatic N) is 1. The number of halogens is 1. The Bertz CT molecular complexity index is 1590. The molecule has 0 spiro atoms. The molecule has 0 aliphatic carbocycles. The van der Waals surface area contributed by atoms with Gasteiger partial charge in [0, 0.05) is 15.7 Å². The second-order valence-electron chi connectivity index (χ2n) is 8.05. The molecule has 2 N–H and O–H groups in total. The molecule has 5 aromatic rings. The van der Waals surface area contributed by atoms with Crippen LogP contribution in [0.15, 0.2) is 86.1 Å². The van der Waals surface area contributed by atoms with Crippen LogP contribution in [0.3, 0.4) is 0 Å². The van der Waals surface area contributed by atoms with Gasteiger partial charge in [-0.05, 0) is 102 Å². The Kier molecular flexibility index (Phi) is 6.23. The number of carbonyl (C=O) groups is 1. The Morgan fingerprint density at radius 1 is 0.943 bits per heavy atom. The van der Waals surface area contributed by atoms with Crippen LogP contribution in [0.2, 0.25) is 0 Å². The van der Waals surface area contributed by atoms with Crippen LogP contribution in [0.1, 0.15) is 21.7 Å². The summed E-state index contributed by atoms with van der Waals surface area (Å²) in [5, 5.41) is 5.81. The highest BCUT2D eigenvalue weighted by atomic mass is 79.9. The van der Waals surface area contributed by atoms with Crippen molar-refractivity contribution in [2.75, 3.05) is 5.32 Å². The molecule has 35 heavy (non-hydrogen) atoms. The number of fused-ring (bicyclic) bond motifs is 1. The zero-order chi connectivity index (χ0) is 24.5. The Balaban J connectivity index is 1.27. The van der Waals surface area contributed by atoms with Gasteiger partial charge in [0.15, 0.2) is 16.5 Å². The van der Waals surface area contributed by atoms with Crippen LogP contribution in [0, 0.1) is 13.8 Å². The van der Waals surface area contributed by atoms with Crippen molar-refractivity contribution < 1.29 is 13.6 Å². The summed E-state index contributed by atoms with van der Waals surface area (Å²) in [6.07, 6.45) is 0. The minimum atomic E-state index is -0.434. The van der Waals surface area contributed by atoms with E-state index in [0.717, 1.165) is 21.2 Å². The average Bonchev–Trinajstić information content (AvgIpc) is 3.48. The fourth-order valence-corrected chi connectivity index (χ4v) is 4.26. The number of hydrogen-bond donors (Lipinski definition) is 2. The second-order valence-corrected chi connectivity index (χ2v) is 9.32. The smallest absolute Gasteiger partial charge is 0.293 e. The third-order valence-corrected chi connectivity index (χ3v) is 6.49. The third-order valence-electron chi connectivity index (χ3n) is 5.60. The summed E-state index contributed by atoms with van der Waals surface area (Å²) >= 11 is 8.85. The van der Waals surface area contributed by atoms with Gasteiger partial charge in [0.1, 0.15) is 11.3 Å². The van der Waals surface area contributed by atoms with Gasteiger partial charge in [-0.25, -0.2) is 4.98 Å². The lowest BCUT2D eigenvalue weighted by atomic mass is 10.1. The van der Waals surface area contributed by atoms with Gasteiger partial charge in [-0.1, -0.05) is 24.3 Å². The van der Waals surface area contributed by atoms with E-state index >= 15 is 0 Å². The van der Waals surface area contributed by atoms with Gasteiger partial charge in [0.2, 0.25) is 5.89 Å². The molecule has 174 valence electrons. The van der Waals surface area contributed by atoms with Crippen LogP contribution in [-0.4, -0.2) is 16.0 Å². The first kappa shape index (κ1) is 23.0. The predicted octanol–water partition coefficient (Wildman–Crippen LogP) is 7.26. The van der Waals surface area contributed by atoms with Crippen molar-refractivity contribution in [3.63, 3.8) is 0 Å². The summed E-state index contributed by atoms with van der Waals surface area (Å²) in [6.45, 7) is 4.09. The molecule has 0 aliphatic heterocycles. The van der Waals surface area contributed by atoms with Crippen molar-refractivity contribution in [2.45, 2.75) is 13.8 Å². The second kappa shape index (κ2) is 9.48. The van der Waals surface area contributed by atoms with Gasteiger partial charge in [-0.15, -0.1) is 0 Å². The number of nitrogens with one attached hydrogen (secondary N) is 2. The van der Waals surface area contributed by atoms with Gasteiger partial charge in [-0.2, -0.15) is 0 Å². The molecule has 1 amide bonds. The first-order valence-corrected chi connectivity index (χ1v) is 12.0. The highest BCUT2D eigenvalue weighted by Crippen LogP contribution is 2.31. The number of amides is 1. The molecule has 8 heteroatoms. The molecule has 3 aromatic carbocycles. The number of carbonyl (C=O) groups excluding carboxylic acids is 1. The van der Waals surface area contributed by atoms with E-state index in [1.165, 1.54) is 5.56 Å². The van der Waals surface area contributed by atoms with E-state index in [1.807, 2.05) is 55.5 Å². The first-order valence-electron chi connectivity index (χ1n) is 10.8. The van der Waals surface area contributed by atoms with E-state index in [1.54, 1.807) is 24.3 Å². The van der Waals surface area contributed by atoms with Crippen LogP contribution < -0.4 is 10.6 Å². The van der Waals surface area contributed by atoms with Crippen LogP contribution in [0.25, 0.3) is 33.9 Å². The number of benzene rings is 3. The standard InChI is InChI=1S/C27H20BrN3O3S/c1-15-7-8-17(13-16(15)2)22-11-12-24(33-22)25(32)31-27(35)29-18-9-10-23-21(14-18)30-26(34-23)19-5-3-4-6-20(19)28/h3-14H,1-2H3,(H2,29,31,32,35). The number of aromatic nitrogens is 1. The number of anilines is 1. The lowest BCUT2D eigenvalue weighted by Crippen LogP contribution is -2.33. The minimum absolute atomic E-state index is 0.146. The zero-order valence-corrected chi connectivity index (χ0v) is 21.3. The average molecular weight is 546 g/mol. The van der Waals surface area contributed by atoms with E-state index in [0.29, 0.717) is 28.4 Å². The van der Waals surface area contributed by atoms with Crippen molar-refractivity contribution in [2.24, 2.45) is 0 Å². The molecule has 0 bridgehead atoms. The number of thiocarbonyl (C=S) groups is 1. The van der Waals surface area contributed by atoms with E-state index < -0.39 is 5.91 Å². The Hall–Kier alpha value is -3.75. The quantitative estimate of drug-likeness (QED) is 0.231. The number of furan rings is 1. The summed E-state index contributed by atoms with van der Waals surface area (Å²) in [5.41, 5.74) is 6.11. The number of aryl methyl sites for hydroxylation is 2. The topological polar surface area (TPSA) is 80.3 Å². The molecule has 6 nitrogen and oxygen atoms in total. The molecule has 0 radical (unpaired) electrons. The van der Waals surface area contributed by atoms with Crippen LogP contribution >= 0.6 is 28.1 Å². The Morgan fingerprint density at radius 3 is 2.57 bits per heavy atom. The summed E-state index contributed by atoms with van der Waals surface area (Å²) in [5.74, 6) is 0.871. The van der Waals surface area contributed by atoms with Crippen LogP contribution in [0.5, 0.6) is 0 Å². The minimum Gasteiger partial charge on any atom is -0.451 e. The summed E-state index contributed by atoms with van der Waals surface area (Å²) in [7, 11) is 0. The van der Waals surface area contributed by atoms with Gasteiger partial charge in [0.25, 0.3) is 5.91 Å². The molecule has 2 heterocycles. The fraction of sp³-hybridized carbons (Fsp3) is 0.0741. The molecular formula is C27H20BrN3O3S. The molecule has 0 atom stereocenters. The summed E-state index contributed by atoms with van der Waals surface area (Å²) in [6, 6.07) is 22.6. The maximum atomic E-state index is 12.7. The van der Waals surface area contributed by atoms with Gasteiger partial charge in [-0.3, -0.25) is 10.1 Å². The SMILES string of the molecule is Cc1ccc(-c2ccc(C(=O)NC(=S)Nc3ccc4oc(-c5ccccc5Br)nc4c3)o2)cc1C. The van der Waals surface area contributed by atoms with Crippen molar-refractivity contribution >= 4 is 56.0 Å². The number of oxazole rings is 1. The molecule has 0 unspecified atom stereocenters. The van der Waals surface area contributed by atoms with E-state index in [-0.39, 0.29) is 10.9 Å². The summed E-state index contributed by atoms with van der Waals surface area (Å²) < 4.78 is 12.5. The monoisotopic (exact) mass is 545 g/mol. The number of rotatable bonds is 4. The highest BCUT2D eigenvalue weighted by molar-refractivity contribution is 9.10. The predicted molar refractivity (Wildman–Crippen MR) is 144 cm³/mol. The zero-order valence-electron chi connectivity index (χ0n) is 18.9. The van der Waals surface area contributed by atoms with E-state index in [2.05, 4.69) is 38.5 Å². The third kappa shape index (κ3) is 4.89. The molecule has 0 saturated heterocycles. The molecule has 5 rings (SSSR count). The van der Waals surface area contributed by atoms with Gasteiger partial charge >= 0.3 is 0 Å². The van der Waals surface area contributed by atoms with Gasteiger partial charge < -0.3 is 14.2 Å². The highest BCUT2D eigenvalue weighted by Gasteiger charge is 2.15. The van der Waals surface area contributed by atoms with Crippen LogP contribution in [0.4, 0.5) is 5.69 Å². The van der Waals surface area contributed by atoms with Gasteiger partial charge in [0.05, 0.1) is 5.56 Å². The molecule has 0 aliphatic rings. The maximum absolute atomic E-state index is 12.7. The fourth-order valence-electron chi connectivity index (χ4n) is 3.59. The van der Waals surface area contributed by atoms with Crippen LogP contribution in [-0.2, 0) is 0 Å². The first-order chi connectivity index (χ1) is 16.9.